The van der Waals surface area contributed by atoms with E-state index in [1.54, 1.807) is 12.1 Å². The van der Waals surface area contributed by atoms with Gasteiger partial charge >= 0.3 is 16.1 Å². The van der Waals surface area contributed by atoms with Crippen molar-refractivity contribution < 1.29 is 35.1 Å². The predicted molar refractivity (Wildman–Crippen MR) is 131 cm³/mol. The highest BCUT2D eigenvalue weighted by molar-refractivity contribution is 7.87. The molecule has 1 unspecified atom stereocenters. The summed E-state index contributed by atoms with van der Waals surface area (Å²) in [5.74, 6) is -0.566. The lowest BCUT2D eigenvalue weighted by molar-refractivity contribution is 0.120. The predicted octanol–water partition coefficient (Wildman–Crippen LogP) is 1.93. The monoisotopic (exact) mass is 539 g/mol. The summed E-state index contributed by atoms with van der Waals surface area (Å²) in [6.45, 7) is 1.11. The average Bonchev–Trinajstić information content (AvgIpc) is 3.46. The molecule has 1 atom stereocenters. The Morgan fingerprint density at radius 2 is 1.94 bits per heavy atom. The summed E-state index contributed by atoms with van der Waals surface area (Å²) in [4.78, 5) is 18.8. The minimum Gasteiger partial charge on any atom is -0.382 e. The van der Waals surface area contributed by atoms with Crippen molar-refractivity contribution >= 4 is 48.9 Å². The number of hydrogen-bond acceptors (Lipinski definition) is 9. The molecule has 2 aromatic carbocycles. The van der Waals surface area contributed by atoms with Gasteiger partial charge in [0.25, 0.3) is 10.1 Å². The number of aromatic nitrogens is 2. The third-order valence-corrected chi connectivity index (χ3v) is 7.22. The van der Waals surface area contributed by atoms with Crippen molar-refractivity contribution in [2.24, 2.45) is 0 Å². The van der Waals surface area contributed by atoms with Gasteiger partial charge in [0.1, 0.15) is 10.6 Å². The van der Waals surface area contributed by atoms with Crippen molar-refractivity contribution in [3.05, 3.63) is 42.5 Å². The van der Waals surface area contributed by atoms with Gasteiger partial charge in [0.05, 0.1) is 22.9 Å². The van der Waals surface area contributed by atoms with E-state index < -0.39 is 32.0 Å². The molecule has 2 heterocycles. The molecule has 4 rings (SSSR count). The largest absolute Gasteiger partial charge is 0.382 e. The van der Waals surface area contributed by atoms with E-state index in [9.17, 15) is 21.6 Å². The van der Waals surface area contributed by atoms with Crippen LogP contribution in [-0.4, -0.2) is 68.9 Å². The lowest BCUT2D eigenvalue weighted by atomic mass is 10.2. The number of aromatic amines is 1. The van der Waals surface area contributed by atoms with Gasteiger partial charge in [-0.2, -0.15) is 16.8 Å². The van der Waals surface area contributed by atoms with Crippen molar-refractivity contribution in [3.63, 3.8) is 0 Å². The van der Waals surface area contributed by atoms with Gasteiger partial charge in [-0.05, 0) is 49.2 Å². The normalized spacial score (nSPS) is 16.1. The summed E-state index contributed by atoms with van der Waals surface area (Å²) in [7, 11) is -8.30. The molecule has 0 aliphatic carbocycles. The number of urea groups is 1. The number of carbonyl (C=O) groups is 1. The van der Waals surface area contributed by atoms with Gasteiger partial charge < -0.3 is 24.5 Å². The number of benzene rings is 2. The van der Waals surface area contributed by atoms with Gasteiger partial charge in [-0.25, -0.2) is 9.78 Å². The van der Waals surface area contributed by atoms with Gasteiger partial charge in [0, 0.05) is 31.5 Å². The standard InChI is InChI=1S/C21H25N5O8S2/c27-21(22-9-11-35(28,29)30)26-20-24-18-8-5-15(12-19(18)25-20)34-36(31,32)17-6-3-14(4-7-17)23-13-16-2-1-10-33-16/h3-8,12,16,23H,1-2,9-11,13H2,(H,28,29,30)(H3,22,24,25,26,27). The molecule has 0 radical (unpaired) electrons. The summed E-state index contributed by atoms with van der Waals surface area (Å²) >= 11 is 0. The van der Waals surface area contributed by atoms with E-state index >= 15 is 0 Å². The van der Waals surface area contributed by atoms with Crippen LogP contribution in [0.3, 0.4) is 0 Å². The van der Waals surface area contributed by atoms with E-state index in [2.05, 4.69) is 25.9 Å². The Labute approximate surface area is 207 Å². The first-order valence-corrected chi connectivity index (χ1v) is 14.0. The molecule has 0 spiro atoms. The molecule has 5 N–H and O–H groups in total. The van der Waals surface area contributed by atoms with Gasteiger partial charge in [-0.15, -0.1) is 0 Å². The highest BCUT2D eigenvalue weighted by Crippen LogP contribution is 2.25. The van der Waals surface area contributed by atoms with E-state index in [1.165, 1.54) is 30.3 Å². The zero-order valence-electron chi connectivity index (χ0n) is 18.9. The number of ether oxygens (including phenoxy) is 1. The maximum absolute atomic E-state index is 12.7. The third-order valence-electron chi connectivity index (χ3n) is 5.24. The molecular formula is C21H25N5O8S2. The number of nitrogens with zero attached hydrogens (tertiary/aromatic N) is 1. The van der Waals surface area contributed by atoms with Crippen molar-refractivity contribution in [1.82, 2.24) is 15.3 Å². The number of hydrogen-bond donors (Lipinski definition) is 5. The number of rotatable bonds is 10. The molecule has 13 nitrogen and oxygen atoms in total. The van der Waals surface area contributed by atoms with Crippen molar-refractivity contribution in [1.29, 1.82) is 0 Å². The Balaban J connectivity index is 1.36. The SMILES string of the molecule is O=C(NCCS(=O)(=O)O)Nc1nc2cc(OS(=O)(=O)c3ccc(NCC4CCCO4)cc3)ccc2[nH]1. The summed E-state index contributed by atoms with van der Waals surface area (Å²) in [5.41, 5.74) is 1.59. The van der Waals surface area contributed by atoms with Crippen LogP contribution >= 0.6 is 0 Å². The summed E-state index contributed by atoms with van der Waals surface area (Å²) in [6, 6.07) is 9.82. The first-order chi connectivity index (χ1) is 17.1. The molecule has 3 aromatic rings. The van der Waals surface area contributed by atoms with Crippen LogP contribution in [0.25, 0.3) is 11.0 Å². The van der Waals surface area contributed by atoms with Gasteiger partial charge in [-0.1, -0.05) is 0 Å². The molecule has 0 bridgehead atoms. The van der Waals surface area contributed by atoms with Crippen molar-refractivity contribution in [2.75, 3.05) is 36.1 Å². The number of anilines is 2. The fraction of sp³-hybridized carbons (Fsp3) is 0.333. The molecule has 1 fully saturated rings. The molecule has 15 heteroatoms. The zero-order chi connectivity index (χ0) is 25.8. The Morgan fingerprint density at radius 1 is 1.17 bits per heavy atom. The van der Waals surface area contributed by atoms with E-state index in [0.717, 1.165) is 25.1 Å². The minimum atomic E-state index is -4.20. The first-order valence-electron chi connectivity index (χ1n) is 11.0. The first kappa shape index (κ1) is 25.7. The second-order valence-electron chi connectivity index (χ2n) is 8.01. The topological polar surface area (TPSA) is 189 Å². The maximum atomic E-state index is 12.7. The van der Waals surface area contributed by atoms with Gasteiger partial charge in [0.15, 0.2) is 0 Å². The van der Waals surface area contributed by atoms with E-state index in [-0.39, 0.29) is 29.2 Å². The van der Waals surface area contributed by atoms with Crippen LogP contribution in [0, 0.1) is 0 Å². The zero-order valence-corrected chi connectivity index (χ0v) is 20.6. The van der Waals surface area contributed by atoms with Crippen LogP contribution < -0.4 is 20.1 Å². The smallest absolute Gasteiger partial charge is 0.339 e. The fourth-order valence-electron chi connectivity index (χ4n) is 3.49. The van der Waals surface area contributed by atoms with Crippen LogP contribution in [0.15, 0.2) is 47.4 Å². The van der Waals surface area contributed by atoms with Crippen molar-refractivity contribution in [3.8, 4) is 5.75 Å². The molecule has 1 aliphatic heterocycles. The Kier molecular flexibility index (Phi) is 7.63. The molecule has 1 aliphatic rings. The van der Waals surface area contributed by atoms with Gasteiger partial charge in [0.2, 0.25) is 5.95 Å². The lowest BCUT2D eigenvalue weighted by Gasteiger charge is -2.12. The van der Waals surface area contributed by atoms with E-state index in [4.69, 9.17) is 13.5 Å². The average molecular weight is 540 g/mol. The molecule has 1 saturated heterocycles. The summed E-state index contributed by atoms with van der Waals surface area (Å²) < 4.78 is 66.3. The Morgan fingerprint density at radius 3 is 2.64 bits per heavy atom. The van der Waals surface area contributed by atoms with Crippen LogP contribution in [0.1, 0.15) is 12.8 Å². The minimum absolute atomic E-state index is 0.0174. The third kappa shape index (κ3) is 7.07. The number of fused-ring (bicyclic) bond motifs is 1. The quantitative estimate of drug-likeness (QED) is 0.188. The van der Waals surface area contributed by atoms with Gasteiger partial charge in [-0.3, -0.25) is 9.87 Å². The molecular weight excluding hydrogens is 514 g/mol. The number of nitrogens with one attached hydrogen (secondary N) is 4. The molecule has 0 saturated carbocycles. The van der Waals surface area contributed by atoms with E-state index in [0.29, 0.717) is 17.6 Å². The fourth-order valence-corrected chi connectivity index (χ4v) is 4.78. The number of carbonyl (C=O) groups excluding carboxylic acids is 1. The molecule has 36 heavy (non-hydrogen) atoms. The summed E-state index contributed by atoms with van der Waals surface area (Å²) in [6.07, 6.45) is 2.19. The van der Waals surface area contributed by atoms with Crippen molar-refractivity contribution in [2.45, 2.75) is 23.8 Å². The maximum Gasteiger partial charge on any atom is 0.339 e. The number of H-pyrrole nitrogens is 1. The van der Waals surface area contributed by atoms with Crippen LogP contribution in [0.5, 0.6) is 5.75 Å². The van der Waals surface area contributed by atoms with Crippen LogP contribution in [0.4, 0.5) is 16.4 Å². The Hall–Kier alpha value is -3.40. The number of amides is 2. The lowest BCUT2D eigenvalue weighted by Crippen LogP contribution is -2.33. The number of imidazole rings is 1. The second kappa shape index (κ2) is 10.7. The van der Waals surface area contributed by atoms with Crippen LogP contribution in [-0.2, 0) is 25.0 Å². The second-order valence-corrected chi connectivity index (χ2v) is 11.1. The van der Waals surface area contributed by atoms with E-state index in [1.807, 2.05) is 0 Å². The highest BCUT2D eigenvalue weighted by Gasteiger charge is 2.19. The highest BCUT2D eigenvalue weighted by atomic mass is 32.2. The Bertz CT molecular complexity index is 1430. The summed E-state index contributed by atoms with van der Waals surface area (Å²) in [5, 5.41) is 7.86. The molecule has 2 amide bonds. The van der Waals surface area contributed by atoms with Crippen LogP contribution in [0.2, 0.25) is 0 Å². The molecule has 194 valence electrons. The molecule has 1 aromatic heterocycles.